The fourth-order valence-corrected chi connectivity index (χ4v) is 1.34. The fraction of sp³-hybridized carbons (Fsp3) is 0.300. The molecular weight excluding hydrogens is 223 g/mol. The molecule has 82 valence electrons. The van der Waals surface area contributed by atoms with Gasteiger partial charge in [-0.15, -0.1) is 0 Å². The van der Waals surface area contributed by atoms with Crippen LogP contribution in [-0.2, 0) is 6.18 Å². The van der Waals surface area contributed by atoms with E-state index in [9.17, 15) is 13.2 Å². The number of thiocarbonyl (C=S) groups is 1. The van der Waals surface area contributed by atoms with Gasteiger partial charge in [0.15, 0.2) is 0 Å². The van der Waals surface area contributed by atoms with Crippen LogP contribution in [0.25, 0.3) is 0 Å². The predicted molar refractivity (Wildman–Crippen MR) is 56.8 cm³/mol. The molecule has 0 aliphatic heterocycles. The van der Waals surface area contributed by atoms with Gasteiger partial charge < -0.3 is 4.90 Å². The van der Waals surface area contributed by atoms with Crippen molar-refractivity contribution in [2.75, 3.05) is 14.1 Å². The summed E-state index contributed by atoms with van der Waals surface area (Å²) in [6.45, 7) is 0. The normalized spacial score (nSPS) is 11.3. The Kier molecular flexibility index (Phi) is 3.34. The smallest absolute Gasteiger partial charge is 0.368 e. The minimum Gasteiger partial charge on any atom is -0.368 e. The summed E-state index contributed by atoms with van der Waals surface area (Å²) in [5.74, 6) is 0. The number of alkyl halides is 3. The van der Waals surface area contributed by atoms with Gasteiger partial charge in [-0.25, -0.2) is 0 Å². The summed E-state index contributed by atoms with van der Waals surface area (Å²) in [4.78, 5) is 1.67. The minimum atomic E-state index is -4.36. The van der Waals surface area contributed by atoms with E-state index in [1.807, 2.05) is 0 Å². The second-order valence-electron chi connectivity index (χ2n) is 3.24. The van der Waals surface area contributed by atoms with Crippen molar-refractivity contribution in [1.29, 1.82) is 0 Å². The minimum absolute atomic E-state index is 0.0463. The van der Waals surface area contributed by atoms with E-state index in [2.05, 4.69) is 0 Å². The average Bonchev–Trinajstić information content (AvgIpc) is 2.15. The van der Waals surface area contributed by atoms with Crippen LogP contribution in [0.5, 0.6) is 0 Å². The number of hydrogen-bond donors (Lipinski definition) is 0. The first kappa shape index (κ1) is 12.0. The summed E-state index contributed by atoms with van der Waals surface area (Å²) in [5, 5.41) is 0. The molecule has 15 heavy (non-hydrogen) atoms. The summed E-state index contributed by atoms with van der Waals surface area (Å²) >= 11 is 4.93. The third-order valence-electron chi connectivity index (χ3n) is 1.87. The molecule has 0 bridgehead atoms. The molecule has 0 fully saturated rings. The van der Waals surface area contributed by atoms with Gasteiger partial charge in [0.1, 0.15) is 4.99 Å². The lowest BCUT2D eigenvalue weighted by Gasteiger charge is -2.18. The lowest BCUT2D eigenvalue weighted by molar-refractivity contribution is -0.137. The van der Waals surface area contributed by atoms with E-state index in [1.165, 1.54) is 17.0 Å². The van der Waals surface area contributed by atoms with Crippen LogP contribution in [0.4, 0.5) is 13.2 Å². The Hall–Kier alpha value is -1.10. The molecule has 1 nitrogen and oxygen atoms in total. The molecule has 0 atom stereocenters. The highest BCUT2D eigenvalue weighted by Crippen LogP contribution is 2.32. The maximum Gasteiger partial charge on any atom is 0.417 e. The van der Waals surface area contributed by atoms with Crippen LogP contribution in [0.15, 0.2) is 24.3 Å². The van der Waals surface area contributed by atoms with E-state index in [1.54, 1.807) is 20.2 Å². The molecule has 0 saturated carbocycles. The van der Waals surface area contributed by atoms with Crippen LogP contribution >= 0.6 is 12.2 Å². The molecule has 0 N–H and O–H groups in total. The monoisotopic (exact) mass is 233 g/mol. The van der Waals surface area contributed by atoms with Crippen LogP contribution < -0.4 is 0 Å². The van der Waals surface area contributed by atoms with Gasteiger partial charge in [-0.3, -0.25) is 0 Å². The largest absolute Gasteiger partial charge is 0.417 e. The zero-order valence-corrected chi connectivity index (χ0v) is 9.12. The first-order valence-electron chi connectivity index (χ1n) is 4.22. The molecule has 0 aliphatic rings. The highest BCUT2D eigenvalue weighted by molar-refractivity contribution is 7.80. The van der Waals surface area contributed by atoms with Gasteiger partial charge >= 0.3 is 6.18 Å². The molecule has 0 spiro atoms. The van der Waals surface area contributed by atoms with E-state index >= 15 is 0 Å². The topological polar surface area (TPSA) is 3.24 Å². The number of hydrogen-bond acceptors (Lipinski definition) is 1. The first-order valence-corrected chi connectivity index (χ1v) is 4.62. The molecule has 5 heteroatoms. The van der Waals surface area contributed by atoms with Crippen LogP contribution in [-0.4, -0.2) is 24.0 Å². The number of nitrogens with zero attached hydrogens (tertiary/aromatic N) is 1. The molecule has 1 aromatic carbocycles. The second kappa shape index (κ2) is 4.18. The highest BCUT2D eigenvalue weighted by Gasteiger charge is 2.34. The summed E-state index contributed by atoms with van der Waals surface area (Å²) < 4.78 is 37.8. The average molecular weight is 233 g/mol. The van der Waals surface area contributed by atoms with Gasteiger partial charge in [-0.1, -0.05) is 30.4 Å². The fourth-order valence-electron chi connectivity index (χ4n) is 1.16. The molecular formula is C10H10F3NS. The molecule has 0 aromatic heterocycles. The van der Waals surface area contributed by atoms with Crippen molar-refractivity contribution in [2.45, 2.75) is 6.18 Å². The summed E-state index contributed by atoms with van der Waals surface area (Å²) in [7, 11) is 3.24. The van der Waals surface area contributed by atoms with E-state index in [4.69, 9.17) is 12.2 Å². The predicted octanol–water partition coefficient (Wildman–Crippen LogP) is 2.94. The SMILES string of the molecule is CN(C)C(=S)c1ccccc1C(F)(F)F. The second-order valence-corrected chi connectivity index (χ2v) is 3.63. The zero-order chi connectivity index (χ0) is 11.6. The van der Waals surface area contributed by atoms with Crippen molar-refractivity contribution in [1.82, 2.24) is 4.90 Å². The van der Waals surface area contributed by atoms with Crippen LogP contribution in [0, 0.1) is 0 Å². The Balaban J connectivity index is 3.25. The quantitative estimate of drug-likeness (QED) is 0.686. The van der Waals surface area contributed by atoms with Crippen LogP contribution in [0.1, 0.15) is 11.1 Å². The molecule has 0 heterocycles. The maximum absolute atomic E-state index is 12.6. The Morgan fingerprint density at radius 3 is 2.20 bits per heavy atom. The van der Waals surface area contributed by atoms with Gasteiger partial charge in [0.05, 0.1) is 5.56 Å². The van der Waals surface area contributed by atoms with Crippen molar-refractivity contribution in [3.8, 4) is 0 Å². The van der Waals surface area contributed by atoms with Crippen molar-refractivity contribution in [3.05, 3.63) is 35.4 Å². The number of rotatable bonds is 1. The summed E-state index contributed by atoms with van der Waals surface area (Å²) in [6.07, 6.45) is -4.36. The van der Waals surface area contributed by atoms with Crippen LogP contribution in [0.2, 0.25) is 0 Å². The molecule has 0 amide bonds. The van der Waals surface area contributed by atoms with Gasteiger partial charge in [0, 0.05) is 19.7 Å². The Morgan fingerprint density at radius 2 is 1.73 bits per heavy atom. The Bertz CT molecular complexity index is 371. The lowest BCUT2D eigenvalue weighted by atomic mass is 10.1. The first-order chi connectivity index (χ1) is 6.84. The summed E-state index contributed by atoms with van der Waals surface area (Å²) in [5.41, 5.74) is -0.645. The van der Waals surface area contributed by atoms with Crippen molar-refractivity contribution in [3.63, 3.8) is 0 Å². The van der Waals surface area contributed by atoms with E-state index in [0.29, 0.717) is 0 Å². The lowest BCUT2D eigenvalue weighted by Crippen LogP contribution is -2.24. The third kappa shape index (κ3) is 2.68. The van der Waals surface area contributed by atoms with Gasteiger partial charge in [0.2, 0.25) is 0 Å². The number of halogens is 3. The van der Waals surface area contributed by atoms with Crippen molar-refractivity contribution in [2.24, 2.45) is 0 Å². The van der Waals surface area contributed by atoms with E-state index in [0.717, 1.165) is 6.07 Å². The highest BCUT2D eigenvalue weighted by atomic mass is 32.1. The van der Waals surface area contributed by atoms with Gasteiger partial charge in [0.25, 0.3) is 0 Å². The molecule has 0 unspecified atom stereocenters. The van der Waals surface area contributed by atoms with Crippen molar-refractivity contribution < 1.29 is 13.2 Å². The number of benzene rings is 1. The molecule has 0 aliphatic carbocycles. The zero-order valence-electron chi connectivity index (χ0n) is 8.30. The summed E-state index contributed by atoms with van der Waals surface area (Å²) in [6, 6.07) is 5.31. The molecule has 1 aromatic rings. The maximum atomic E-state index is 12.6. The van der Waals surface area contributed by atoms with Gasteiger partial charge in [-0.2, -0.15) is 13.2 Å². The standard InChI is InChI=1S/C10H10F3NS/c1-14(2)9(15)7-5-3-4-6-8(7)10(11,12)13/h3-6H,1-2H3. The molecule has 0 saturated heterocycles. The van der Waals surface area contributed by atoms with Crippen LogP contribution in [0.3, 0.4) is 0 Å². The van der Waals surface area contributed by atoms with Crippen molar-refractivity contribution >= 4 is 17.2 Å². The van der Waals surface area contributed by atoms with E-state index < -0.39 is 11.7 Å². The van der Waals surface area contributed by atoms with E-state index in [-0.39, 0.29) is 10.6 Å². The molecule has 1 rings (SSSR count). The Labute approximate surface area is 91.5 Å². The van der Waals surface area contributed by atoms with Gasteiger partial charge in [-0.05, 0) is 6.07 Å². The third-order valence-corrected chi connectivity index (χ3v) is 2.45. The molecule has 0 radical (unpaired) electrons. The Morgan fingerprint density at radius 1 is 1.20 bits per heavy atom.